The summed E-state index contributed by atoms with van der Waals surface area (Å²) in [6.45, 7) is 8.03. The zero-order chi connectivity index (χ0) is 13.0. The molecule has 1 aromatic rings. The number of nitrogens with one attached hydrogen (secondary N) is 1. The molecule has 0 spiro atoms. The van der Waals surface area contributed by atoms with Crippen LogP contribution in [0.4, 0.5) is 0 Å². The molecule has 1 saturated heterocycles. The van der Waals surface area contributed by atoms with Crippen molar-refractivity contribution in [1.82, 2.24) is 10.2 Å². The van der Waals surface area contributed by atoms with Crippen molar-refractivity contribution in [3.8, 4) is 0 Å². The number of nitrogens with zero attached hydrogens (tertiary/aromatic N) is 1. The van der Waals surface area contributed by atoms with E-state index in [0.717, 1.165) is 12.5 Å². The van der Waals surface area contributed by atoms with E-state index in [1.807, 2.05) is 0 Å². The summed E-state index contributed by atoms with van der Waals surface area (Å²) in [6, 6.07) is 11.6. The Balaban J connectivity index is 1.96. The number of rotatable bonds is 4. The van der Waals surface area contributed by atoms with Crippen molar-refractivity contribution in [2.24, 2.45) is 5.92 Å². The lowest BCUT2D eigenvalue weighted by Crippen LogP contribution is -2.47. The third kappa shape index (κ3) is 3.82. The predicted octanol–water partition coefficient (Wildman–Crippen LogP) is 2.72. The highest BCUT2D eigenvalue weighted by Gasteiger charge is 2.25. The first-order chi connectivity index (χ1) is 8.65. The van der Waals surface area contributed by atoms with Gasteiger partial charge in [0.15, 0.2) is 0 Å². The van der Waals surface area contributed by atoms with E-state index < -0.39 is 0 Å². The normalized spacial score (nSPS) is 25.6. The van der Waals surface area contributed by atoms with Gasteiger partial charge in [0, 0.05) is 19.1 Å². The lowest BCUT2D eigenvalue weighted by molar-refractivity contribution is 0.202. The van der Waals surface area contributed by atoms with E-state index in [2.05, 4.69) is 61.4 Å². The number of hydrogen-bond donors (Lipinski definition) is 1. The van der Waals surface area contributed by atoms with Gasteiger partial charge >= 0.3 is 0 Å². The topological polar surface area (TPSA) is 15.3 Å². The van der Waals surface area contributed by atoms with Crippen LogP contribution in [0.2, 0.25) is 0 Å². The van der Waals surface area contributed by atoms with Gasteiger partial charge in [0.25, 0.3) is 0 Å². The van der Waals surface area contributed by atoms with Crippen LogP contribution in [0, 0.1) is 5.92 Å². The Kier molecular flexibility index (Phi) is 4.79. The average molecular weight is 246 g/mol. The molecule has 2 heteroatoms. The average Bonchev–Trinajstić information content (AvgIpc) is 2.37. The minimum Gasteiger partial charge on any atom is -0.312 e. The van der Waals surface area contributed by atoms with Crippen molar-refractivity contribution in [2.75, 3.05) is 26.7 Å². The van der Waals surface area contributed by atoms with Crippen molar-refractivity contribution in [3.05, 3.63) is 35.9 Å². The number of likely N-dealkylation sites (tertiary alicyclic amines) is 1. The molecule has 100 valence electrons. The number of piperidine rings is 1. The van der Waals surface area contributed by atoms with Gasteiger partial charge in [-0.05, 0) is 37.4 Å². The van der Waals surface area contributed by atoms with Crippen LogP contribution in [-0.4, -0.2) is 37.6 Å². The summed E-state index contributed by atoms with van der Waals surface area (Å²) in [5, 5.41) is 3.71. The SMILES string of the molecule is CC(C)CNC1CC(c2ccccc2)CN(C)C1. The fourth-order valence-corrected chi connectivity index (χ4v) is 2.84. The molecule has 1 heterocycles. The van der Waals surface area contributed by atoms with E-state index in [-0.39, 0.29) is 0 Å². The Bertz CT molecular complexity index is 347. The first-order valence-corrected chi connectivity index (χ1v) is 7.12. The monoisotopic (exact) mass is 246 g/mol. The molecular weight excluding hydrogens is 220 g/mol. The van der Waals surface area contributed by atoms with Crippen molar-refractivity contribution in [1.29, 1.82) is 0 Å². The molecule has 0 amide bonds. The molecular formula is C16H26N2. The van der Waals surface area contributed by atoms with Crippen LogP contribution in [-0.2, 0) is 0 Å². The van der Waals surface area contributed by atoms with Gasteiger partial charge in [0.2, 0.25) is 0 Å². The van der Waals surface area contributed by atoms with Crippen LogP contribution < -0.4 is 5.32 Å². The Morgan fingerprint density at radius 1 is 1.22 bits per heavy atom. The molecule has 0 aromatic heterocycles. The van der Waals surface area contributed by atoms with E-state index in [4.69, 9.17) is 0 Å². The van der Waals surface area contributed by atoms with E-state index in [9.17, 15) is 0 Å². The van der Waals surface area contributed by atoms with Crippen molar-refractivity contribution in [3.63, 3.8) is 0 Å². The number of hydrogen-bond acceptors (Lipinski definition) is 2. The van der Waals surface area contributed by atoms with Gasteiger partial charge in [-0.15, -0.1) is 0 Å². The Morgan fingerprint density at radius 2 is 1.94 bits per heavy atom. The first kappa shape index (κ1) is 13.6. The van der Waals surface area contributed by atoms with Gasteiger partial charge in [-0.2, -0.15) is 0 Å². The summed E-state index contributed by atoms with van der Waals surface area (Å²) >= 11 is 0. The van der Waals surface area contributed by atoms with Crippen LogP contribution in [0.1, 0.15) is 31.7 Å². The highest BCUT2D eigenvalue weighted by atomic mass is 15.1. The summed E-state index contributed by atoms with van der Waals surface area (Å²) < 4.78 is 0. The Hall–Kier alpha value is -0.860. The van der Waals surface area contributed by atoms with Crippen molar-refractivity contribution in [2.45, 2.75) is 32.2 Å². The Labute approximate surface area is 111 Å². The Morgan fingerprint density at radius 3 is 2.61 bits per heavy atom. The number of likely N-dealkylation sites (N-methyl/N-ethyl adjacent to an activating group) is 1. The number of benzene rings is 1. The van der Waals surface area contributed by atoms with Crippen LogP contribution >= 0.6 is 0 Å². The summed E-state index contributed by atoms with van der Waals surface area (Å²) in [4.78, 5) is 2.46. The second-order valence-electron chi connectivity index (χ2n) is 6.06. The zero-order valence-electron chi connectivity index (χ0n) is 11.9. The summed E-state index contributed by atoms with van der Waals surface area (Å²) in [5.74, 6) is 1.40. The molecule has 0 aliphatic carbocycles. The van der Waals surface area contributed by atoms with Crippen molar-refractivity contribution >= 4 is 0 Å². The molecule has 2 rings (SSSR count). The summed E-state index contributed by atoms with van der Waals surface area (Å²) in [5.41, 5.74) is 1.49. The van der Waals surface area contributed by atoms with E-state index >= 15 is 0 Å². The fourth-order valence-electron chi connectivity index (χ4n) is 2.84. The molecule has 0 radical (unpaired) electrons. The first-order valence-electron chi connectivity index (χ1n) is 7.12. The second kappa shape index (κ2) is 6.35. The molecule has 2 atom stereocenters. The van der Waals surface area contributed by atoms with Crippen molar-refractivity contribution < 1.29 is 0 Å². The van der Waals surface area contributed by atoms with Crippen LogP contribution in [0.3, 0.4) is 0 Å². The smallest absolute Gasteiger partial charge is 0.0201 e. The highest BCUT2D eigenvalue weighted by Crippen LogP contribution is 2.26. The summed E-state index contributed by atoms with van der Waals surface area (Å²) in [7, 11) is 2.24. The van der Waals surface area contributed by atoms with Gasteiger partial charge in [-0.25, -0.2) is 0 Å². The summed E-state index contributed by atoms with van der Waals surface area (Å²) in [6.07, 6.45) is 1.26. The molecule has 0 bridgehead atoms. The third-order valence-electron chi connectivity index (χ3n) is 3.72. The van der Waals surface area contributed by atoms with Crippen LogP contribution in [0.5, 0.6) is 0 Å². The molecule has 1 aliphatic rings. The van der Waals surface area contributed by atoms with E-state index in [1.165, 1.54) is 25.1 Å². The maximum Gasteiger partial charge on any atom is 0.0201 e. The third-order valence-corrected chi connectivity index (χ3v) is 3.72. The van der Waals surface area contributed by atoms with Crippen LogP contribution in [0.15, 0.2) is 30.3 Å². The lowest BCUT2D eigenvalue weighted by atomic mass is 9.88. The molecule has 1 aromatic carbocycles. The quantitative estimate of drug-likeness (QED) is 0.879. The molecule has 18 heavy (non-hydrogen) atoms. The molecule has 2 unspecified atom stereocenters. The largest absolute Gasteiger partial charge is 0.312 e. The van der Waals surface area contributed by atoms with E-state index in [0.29, 0.717) is 12.0 Å². The van der Waals surface area contributed by atoms with Gasteiger partial charge in [-0.1, -0.05) is 44.2 Å². The second-order valence-corrected chi connectivity index (χ2v) is 6.06. The van der Waals surface area contributed by atoms with Crippen LogP contribution in [0.25, 0.3) is 0 Å². The molecule has 2 nitrogen and oxygen atoms in total. The standard InChI is InChI=1S/C16H26N2/c1-13(2)10-17-16-9-15(11-18(3)12-16)14-7-5-4-6-8-14/h4-8,13,15-17H,9-12H2,1-3H3. The molecule has 0 saturated carbocycles. The molecule has 1 aliphatic heterocycles. The van der Waals surface area contributed by atoms with Gasteiger partial charge < -0.3 is 10.2 Å². The minimum absolute atomic E-state index is 0.636. The maximum atomic E-state index is 3.71. The predicted molar refractivity (Wildman–Crippen MR) is 77.9 cm³/mol. The van der Waals surface area contributed by atoms with Gasteiger partial charge in [0.1, 0.15) is 0 Å². The fraction of sp³-hybridized carbons (Fsp3) is 0.625. The molecule has 1 fully saturated rings. The van der Waals surface area contributed by atoms with E-state index in [1.54, 1.807) is 0 Å². The van der Waals surface area contributed by atoms with Gasteiger partial charge in [-0.3, -0.25) is 0 Å². The highest BCUT2D eigenvalue weighted by molar-refractivity contribution is 5.21. The minimum atomic E-state index is 0.636. The van der Waals surface area contributed by atoms with Gasteiger partial charge in [0.05, 0.1) is 0 Å². The lowest BCUT2D eigenvalue weighted by Gasteiger charge is -2.36. The zero-order valence-corrected chi connectivity index (χ0v) is 11.9. The molecule has 1 N–H and O–H groups in total. The maximum absolute atomic E-state index is 3.71.